The predicted octanol–water partition coefficient (Wildman–Crippen LogP) is 3.28. The van der Waals surface area contributed by atoms with Crippen LogP contribution >= 0.6 is 11.6 Å². The number of nitrogens with zero attached hydrogens (tertiary/aromatic N) is 5. The molecule has 26 heavy (non-hydrogen) atoms. The summed E-state index contributed by atoms with van der Waals surface area (Å²) in [5.41, 5.74) is 2.17. The van der Waals surface area contributed by atoms with Crippen molar-refractivity contribution in [2.45, 2.75) is 25.0 Å². The fraction of sp³-hybridized carbons (Fsp3) is 0.316. The van der Waals surface area contributed by atoms with Gasteiger partial charge in [-0.1, -0.05) is 11.6 Å². The fourth-order valence-electron chi connectivity index (χ4n) is 4.05. The maximum Gasteiger partial charge on any atom is 0.148 e. The number of halogens is 2. The lowest BCUT2D eigenvalue weighted by molar-refractivity contribution is 0.105. The molecular formula is C19H17ClFN5. The maximum absolute atomic E-state index is 13.8. The Morgan fingerprint density at radius 1 is 1.12 bits per heavy atom. The summed E-state index contributed by atoms with van der Waals surface area (Å²) in [6, 6.07) is 9.44. The van der Waals surface area contributed by atoms with Crippen LogP contribution in [0.25, 0.3) is 11.0 Å². The topological polar surface area (TPSA) is 45.2 Å². The summed E-state index contributed by atoms with van der Waals surface area (Å²) in [4.78, 5) is 18.0. The molecule has 0 saturated carbocycles. The van der Waals surface area contributed by atoms with Crippen molar-refractivity contribution in [3.63, 3.8) is 0 Å². The van der Waals surface area contributed by atoms with E-state index in [0.717, 1.165) is 36.4 Å². The number of rotatable bonds is 3. The van der Waals surface area contributed by atoms with E-state index in [0.29, 0.717) is 29.3 Å². The monoisotopic (exact) mass is 369 g/mol. The van der Waals surface area contributed by atoms with E-state index < -0.39 is 0 Å². The molecule has 3 saturated heterocycles. The van der Waals surface area contributed by atoms with Crippen molar-refractivity contribution in [2.24, 2.45) is 0 Å². The fourth-order valence-corrected chi connectivity index (χ4v) is 4.21. The lowest BCUT2D eigenvalue weighted by Gasteiger charge is -2.56. The highest BCUT2D eigenvalue weighted by molar-refractivity contribution is 6.31. The number of pyridine rings is 1. The lowest BCUT2D eigenvalue weighted by atomic mass is 9.87. The molecule has 6 rings (SSSR count). The van der Waals surface area contributed by atoms with Crippen molar-refractivity contribution in [3.05, 3.63) is 59.3 Å². The molecule has 0 aliphatic carbocycles. The minimum Gasteiger partial charge on any atom is -0.347 e. The molecule has 5 heterocycles. The van der Waals surface area contributed by atoms with Crippen LogP contribution in [0.2, 0.25) is 5.02 Å². The van der Waals surface area contributed by atoms with Gasteiger partial charge >= 0.3 is 0 Å². The van der Waals surface area contributed by atoms with Crippen LogP contribution in [0.3, 0.4) is 0 Å². The van der Waals surface area contributed by atoms with Gasteiger partial charge in [-0.25, -0.2) is 9.37 Å². The van der Waals surface area contributed by atoms with E-state index in [4.69, 9.17) is 16.6 Å². The van der Waals surface area contributed by atoms with Crippen molar-refractivity contribution in [1.29, 1.82) is 0 Å². The standard InChI is InChI=1S/C19H17ClFN5/c20-12-3-4-16-17(6-12)23-8-19(24-16)26-13-7-14(26)10-25(9-13)11-18-15(21)2-1-5-22-18/h1-6,8,13-14H,7,9-11H2. The molecule has 0 spiro atoms. The van der Waals surface area contributed by atoms with Crippen LogP contribution in [0.1, 0.15) is 12.1 Å². The number of aromatic nitrogens is 3. The Hall–Kier alpha value is -2.31. The van der Waals surface area contributed by atoms with Gasteiger partial charge in [0.05, 0.1) is 22.9 Å². The second-order valence-electron chi connectivity index (χ2n) is 6.94. The summed E-state index contributed by atoms with van der Waals surface area (Å²) >= 11 is 6.02. The first-order valence-electron chi connectivity index (χ1n) is 8.70. The van der Waals surface area contributed by atoms with E-state index in [1.807, 2.05) is 24.4 Å². The van der Waals surface area contributed by atoms with Crippen molar-refractivity contribution >= 4 is 28.5 Å². The smallest absolute Gasteiger partial charge is 0.148 e. The van der Waals surface area contributed by atoms with Crippen LogP contribution in [-0.2, 0) is 6.54 Å². The van der Waals surface area contributed by atoms with Crippen molar-refractivity contribution in [1.82, 2.24) is 19.9 Å². The van der Waals surface area contributed by atoms with Gasteiger partial charge in [0, 0.05) is 42.9 Å². The summed E-state index contributed by atoms with van der Waals surface area (Å²) in [5.74, 6) is 0.674. The van der Waals surface area contributed by atoms with E-state index >= 15 is 0 Å². The summed E-state index contributed by atoms with van der Waals surface area (Å²) in [6.07, 6.45) is 4.61. The Balaban J connectivity index is 1.33. The van der Waals surface area contributed by atoms with Gasteiger partial charge in [0.1, 0.15) is 11.6 Å². The molecule has 0 amide bonds. The molecule has 3 aliphatic rings. The minimum absolute atomic E-state index is 0.234. The molecule has 3 aliphatic heterocycles. The minimum atomic E-state index is -0.234. The molecule has 0 radical (unpaired) electrons. The molecule has 2 aromatic heterocycles. The zero-order valence-electron chi connectivity index (χ0n) is 14.0. The summed E-state index contributed by atoms with van der Waals surface area (Å²) in [5, 5.41) is 0.665. The summed E-state index contributed by atoms with van der Waals surface area (Å²) in [6.45, 7) is 2.31. The van der Waals surface area contributed by atoms with E-state index in [1.54, 1.807) is 12.3 Å². The molecular weight excluding hydrogens is 353 g/mol. The van der Waals surface area contributed by atoms with Crippen LogP contribution in [0, 0.1) is 5.82 Å². The number of hydrogen-bond donors (Lipinski definition) is 0. The van der Waals surface area contributed by atoms with Gasteiger partial charge in [0.25, 0.3) is 0 Å². The highest BCUT2D eigenvalue weighted by atomic mass is 35.5. The number of piperazine rings is 1. The molecule has 0 N–H and O–H groups in total. The molecule has 7 heteroatoms. The summed E-state index contributed by atoms with van der Waals surface area (Å²) < 4.78 is 13.8. The van der Waals surface area contributed by atoms with Gasteiger partial charge in [-0.3, -0.25) is 14.9 Å². The number of fused-ring (bicyclic) bond motifs is 3. The lowest BCUT2D eigenvalue weighted by Crippen LogP contribution is -2.69. The Kier molecular flexibility index (Phi) is 3.76. The molecule has 3 aromatic rings. The molecule has 5 nitrogen and oxygen atoms in total. The van der Waals surface area contributed by atoms with Gasteiger partial charge in [0.15, 0.2) is 0 Å². The highest BCUT2D eigenvalue weighted by Crippen LogP contribution is 2.36. The molecule has 2 bridgehead atoms. The van der Waals surface area contributed by atoms with Gasteiger partial charge < -0.3 is 4.90 Å². The predicted molar refractivity (Wildman–Crippen MR) is 98.7 cm³/mol. The van der Waals surface area contributed by atoms with Crippen molar-refractivity contribution < 1.29 is 4.39 Å². The average molecular weight is 370 g/mol. The first-order chi connectivity index (χ1) is 12.7. The SMILES string of the molecule is Fc1cccnc1CN1CC2CC(C1)N2c1cnc2cc(Cl)ccc2n1. The van der Waals surface area contributed by atoms with E-state index in [1.165, 1.54) is 6.07 Å². The van der Waals surface area contributed by atoms with E-state index in [2.05, 4.69) is 19.8 Å². The number of piperidine rings is 1. The number of benzene rings is 1. The highest BCUT2D eigenvalue weighted by Gasteiger charge is 2.45. The van der Waals surface area contributed by atoms with Crippen LogP contribution < -0.4 is 4.90 Å². The van der Waals surface area contributed by atoms with Gasteiger partial charge in [0.2, 0.25) is 0 Å². The first kappa shape index (κ1) is 15.9. The molecule has 2 unspecified atom stereocenters. The second kappa shape index (κ2) is 6.14. The normalized spacial score (nSPS) is 22.5. The average Bonchev–Trinajstić information content (AvgIpc) is 2.64. The molecule has 1 aromatic carbocycles. The second-order valence-corrected chi connectivity index (χ2v) is 7.37. The zero-order chi connectivity index (χ0) is 17.7. The van der Waals surface area contributed by atoms with Crippen molar-refractivity contribution in [2.75, 3.05) is 18.0 Å². The molecule has 2 atom stereocenters. The Labute approximate surface area is 155 Å². The van der Waals surface area contributed by atoms with Gasteiger partial charge in [-0.05, 0) is 36.8 Å². The van der Waals surface area contributed by atoms with Crippen LogP contribution in [-0.4, -0.2) is 45.0 Å². The zero-order valence-corrected chi connectivity index (χ0v) is 14.8. The van der Waals surface area contributed by atoms with E-state index in [9.17, 15) is 4.39 Å². The quantitative estimate of drug-likeness (QED) is 0.709. The Morgan fingerprint density at radius 2 is 1.96 bits per heavy atom. The summed E-state index contributed by atoms with van der Waals surface area (Å²) in [7, 11) is 0. The van der Waals surface area contributed by atoms with E-state index in [-0.39, 0.29) is 5.82 Å². The Morgan fingerprint density at radius 3 is 2.77 bits per heavy atom. The third-order valence-electron chi connectivity index (χ3n) is 5.23. The third kappa shape index (κ3) is 2.70. The maximum atomic E-state index is 13.8. The molecule has 132 valence electrons. The number of hydrogen-bond acceptors (Lipinski definition) is 5. The van der Waals surface area contributed by atoms with Crippen molar-refractivity contribution in [3.8, 4) is 0 Å². The third-order valence-corrected chi connectivity index (χ3v) is 5.47. The van der Waals surface area contributed by atoms with Crippen LogP contribution in [0.5, 0.6) is 0 Å². The van der Waals surface area contributed by atoms with Crippen LogP contribution in [0.4, 0.5) is 10.2 Å². The first-order valence-corrected chi connectivity index (χ1v) is 9.07. The van der Waals surface area contributed by atoms with Crippen LogP contribution in [0.15, 0.2) is 42.7 Å². The Bertz CT molecular complexity index is 969. The van der Waals surface area contributed by atoms with Gasteiger partial charge in [-0.15, -0.1) is 0 Å². The molecule has 3 fully saturated rings. The largest absolute Gasteiger partial charge is 0.347 e. The van der Waals surface area contributed by atoms with Gasteiger partial charge in [-0.2, -0.15) is 0 Å². The number of anilines is 1.